The van der Waals surface area contributed by atoms with E-state index in [1.807, 2.05) is 0 Å². The number of nitrogens with zero attached hydrogens (tertiary/aromatic N) is 5. The molecule has 0 aliphatic carbocycles. The molecule has 0 bridgehead atoms. The lowest BCUT2D eigenvalue weighted by molar-refractivity contribution is -0.134. The number of amides is 1. The Morgan fingerprint density at radius 1 is 0.972 bits per heavy atom. The number of hydrogen-bond acceptors (Lipinski definition) is 4. The molecule has 6 nitrogen and oxygen atoms in total. The van der Waals surface area contributed by atoms with Crippen LogP contribution in [-0.4, -0.2) is 38.6 Å². The molecule has 1 aliphatic heterocycles. The number of carbonyl (C=O) groups excluding carboxylic acids is 1. The van der Waals surface area contributed by atoms with Crippen molar-refractivity contribution in [1.82, 2.24) is 20.0 Å². The highest BCUT2D eigenvalue weighted by Gasteiger charge is 2.40. The molecule has 1 atom stereocenters. The van der Waals surface area contributed by atoms with Crippen molar-refractivity contribution in [3.63, 3.8) is 0 Å². The van der Waals surface area contributed by atoms with Crippen molar-refractivity contribution in [3.8, 4) is 22.4 Å². The van der Waals surface area contributed by atoms with E-state index in [1.165, 1.54) is 24.4 Å². The van der Waals surface area contributed by atoms with E-state index in [0.29, 0.717) is 21.6 Å². The van der Waals surface area contributed by atoms with Crippen LogP contribution in [0.4, 0.5) is 27.6 Å². The van der Waals surface area contributed by atoms with Crippen LogP contribution in [0.2, 0.25) is 0 Å². The standard InChI is InChI=1S/C25H18F5N5O/c26-19-2-1-3-22-18(19)6-7-23(24(36)34(22)14-25(28,29)30)35-13-21(32-33-35)16-4-5-17(20(27)12-16)15-8-10-31-11-9-15/h1-5,8-13,23H,6-7,14H2. The largest absolute Gasteiger partial charge is 0.406 e. The van der Waals surface area contributed by atoms with Gasteiger partial charge in [0.05, 0.1) is 11.9 Å². The van der Waals surface area contributed by atoms with E-state index in [-0.39, 0.29) is 29.8 Å². The molecule has 0 radical (unpaired) electrons. The first-order valence-electron chi connectivity index (χ1n) is 11.0. The van der Waals surface area contributed by atoms with E-state index < -0.39 is 36.3 Å². The molecule has 184 valence electrons. The summed E-state index contributed by atoms with van der Waals surface area (Å²) in [6.45, 7) is -1.57. The maximum Gasteiger partial charge on any atom is 0.406 e. The summed E-state index contributed by atoms with van der Waals surface area (Å²) in [6, 6.07) is 10.4. The fourth-order valence-corrected chi connectivity index (χ4v) is 4.34. The Morgan fingerprint density at radius 3 is 2.47 bits per heavy atom. The summed E-state index contributed by atoms with van der Waals surface area (Å²) in [6.07, 6.45) is -0.192. The van der Waals surface area contributed by atoms with Crippen LogP contribution in [0.1, 0.15) is 18.0 Å². The molecule has 1 amide bonds. The Bertz CT molecular complexity index is 1420. The van der Waals surface area contributed by atoms with Crippen molar-refractivity contribution >= 4 is 11.6 Å². The average molecular weight is 499 g/mol. The maximum atomic E-state index is 14.8. The summed E-state index contributed by atoms with van der Waals surface area (Å²) >= 11 is 0. The number of rotatable bonds is 4. The number of halogens is 5. The van der Waals surface area contributed by atoms with Crippen LogP contribution < -0.4 is 4.90 Å². The summed E-state index contributed by atoms with van der Waals surface area (Å²) in [5, 5.41) is 7.95. The van der Waals surface area contributed by atoms with Gasteiger partial charge in [-0.2, -0.15) is 13.2 Å². The van der Waals surface area contributed by atoms with Crippen LogP contribution in [0, 0.1) is 11.6 Å². The van der Waals surface area contributed by atoms with E-state index in [0.717, 1.165) is 10.7 Å². The summed E-state index contributed by atoms with van der Waals surface area (Å²) in [5.74, 6) is -2.08. The van der Waals surface area contributed by atoms with Crippen LogP contribution >= 0.6 is 0 Å². The quantitative estimate of drug-likeness (QED) is 0.355. The minimum atomic E-state index is -4.70. The van der Waals surface area contributed by atoms with Gasteiger partial charge in [-0.3, -0.25) is 9.78 Å². The zero-order valence-corrected chi connectivity index (χ0v) is 18.6. The van der Waals surface area contributed by atoms with Crippen molar-refractivity contribution in [2.45, 2.75) is 25.1 Å². The Hall–Kier alpha value is -4.15. The zero-order valence-electron chi connectivity index (χ0n) is 18.6. The van der Waals surface area contributed by atoms with E-state index in [4.69, 9.17) is 0 Å². The van der Waals surface area contributed by atoms with Gasteiger partial charge in [-0.25, -0.2) is 13.5 Å². The van der Waals surface area contributed by atoms with E-state index in [1.54, 1.807) is 36.7 Å². The molecule has 36 heavy (non-hydrogen) atoms. The molecule has 0 saturated carbocycles. The molecule has 0 N–H and O–H groups in total. The van der Waals surface area contributed by atoms with Gasteiger partial charge in [0.25, 0.3) is 5.91 Å². The molecule has 0 saturated heterocycles. The number of benzene rings is 2. The lowest BCUT2D eigenvalue weighted by Gasteiger charge is -2.26. The summed E-state index contributed by atoms with van der Waals surface area (Å²) in [4.78, 5) is 17.7. The van der Waals surface area contributed by atoms with E-state index >= 15 is 0 Å². The van der Waals surface area contributed by atoms with E-state index in [9.17, 15) is 26.7 Å². The van der Waals surface area contributed by atoms with Gasteiger partial charge in [0.15, 0.2) is 0 Å². The number of anilines is 1. The van der Waals surface area contributed by atoms with Crippen molar-refractivity contribution < 1.29 is 26.7 Å². The molecule has 0 spiro atoms. The van der Waals surface area contributed by atoms with Crippen molar-refractivity contribution in [2.75, 3.05) is 11.4 Å². The third-order valence-electron chi connectivity index (χ3n) is 6.03. The van der Waals surface area contributed by atoms with Gasteiger partial charge in [-0.05, 0) is 48.7 Å². The minimum Gasteiger partial charge on any atom is -0.301 e. The Labute approximate surface area is 202 Å². The maximum absolute atomic E-state index is 14.8. The number of aromatic nitrogens is 4. The molecule has 2 aromatic carbocycles. The zero-order chi connectivity index (χ0) is 25.4. The first-order valence-corrected chi connectivity index (χ1v) is 11.0. The first-order chi connectivity index (χ1) is 17.2. The second-order valence-corrected chi connectivity index (χ2v) is 8.35. The van der Waals surface area contributed by atoms with Gasteiger partial charge in [0, 0.05) is 29.1 Å². The SMILES string of the molecule is O=C1C(n2cc(-c3ccc(-c4ccncc4)c(F)c3)nn2)CCc2c(F)cccc2N1CC(F)(F)F. The third kappa shape index (κ3) is 4.56. The lowest BCUT2D eigenvalue weighted by Crippen LogP contribution is -2.42. The molecular formula is C25H18F5N5O. The number of alkyl halides is 3. The van der Waals surface area contributed by atoms with Gasteiger partial charge in [0.2, 0.25) is 0 Å². The highest BCUT2D eigenvalue weighted by molar-refractivity contribution is 5.97. The van der Waals surface area contributed by atoms with Crippen LogP contribution in [0.25, 0.3) is 22.4 Å². The highest BCUT2D eigenvalue weighted by atomic mass is 19.4. The number of fused-ring (bicyclic) bond motifs is 1. The first kappa shape index (κ1) is 23.6. The lowest BCUT2D eigenvalue weighted by atomic mass is 10.0. The molecule has 2 aromatic heterocycles. The molecular weight excluding hydrogens is 481 g/mol. The predicted octanol–water partition coefficient (Wildman–Crippen LogP) is 5.37. The topological polar surface area (TPSA) is 63.9 Å². The summed E-state index contributed by atoms with van der Waals surface area (Å²) in [5.41, 5.74) is 1.52. The Balaban J connectivity index is 1.47. The number of hydrogen-bond donors (Lipinski definition) is 0. The number of carbonyl (C=O) groups is 1. The molecule has 1 aliphatic rings. The van der Waals surface area contributed by atoms with Gasteiger partial charge in [-0.1, -0.05) is 23.4 Å². The summed E-state index contributed by atoms with van der Waals surface area (Å²) in [7, 11) is 0. The van der Waals surface area contributed by atoms with Crippen LogP contribution in [0.3, 0.4) is 0 Å². The predicted molar refractivity (Wildman–Crippen MR) is 121 cm³/mol. The average Bonchev–Trinajstić information content (AvgIpc) is 3.28. The monoisotopic (exact) mass is 499 g/mol. The minimum absolute atomic E-state index is 0.0132. The van der Waals surface area contributed by atoms with Crippen molar-refractivity contribution in [3.05, 3.63) is 84.3 Å². The molecule has 1 unspecified atom stereocenters. The molecule has 11 heteroatoms. The number of pyridine rings is 1. The second-order valence-electron chi connectivity index (χ2n) is 8.35. The van der Waals surface area contributed by atoms with Gasteiger partial charge < -0.3 is 4.90 Å². The third-order valence-corrected chi connectivity index (χ3v) is 6.03. The fraction of sp³-hybridized carbons (Fsp3) is 0.200. The summed E-state index contributed by atoms with van der Waals surface area (Å²) < 4.78 is 70.4. The Morgan fingerprint density at radius 2 is 1.75 bits per heavy atom. The molecule has 5 rings (SSSR count). The van der Waals surface area contributed by atoms with Crippen LogP contribution in [0.5, 0.6) is 0 Å². The van der Waals surface area contributed by atoms with E-state index in [2.05, 4.69) is 15.3 Å². The fourth-order valence-electron chi connectivity index (χ4n) is 4.34. The van der Waals surface area contributed by atoms with Crippen LogP contribution in [-0.2, 0) is 11.2 Å². The normalized spacial score (nSPS) is 16.1. The van der Waals surface area contributed by atoms with Crippen molar-refractivity contribution in [1.29, 1.82) is 0 Å². The highest BCUT2D eigenvalue weighted by Crippen LogP contribution is 2.35. The van der Waals surface area contributed by atoms with Gasteiger partial charge in [-0.15, -0.1) is 5.10 Å². The van der Waals surface area contributed by atoms with Gasteiger partial charge >= 0.3 is 6.18 Å². The van der Waals surface area contributed by atoms with Crippen LogP contribution in [0.15, 0.2) is 67.1 Å². The second kappa shape index (κ2) is 9.14. The Kier molecular flexibility index (Phi) is 5.99. The van der Waals surface area contributed by atoms with Crippen molar-refractivity contribution in [2.24, 2.45) is 0 Å². The smallest absolute Gasteiger partial charge is 0.301 e. The molecule has 3 heterocycles. The molecule has 0 fully saturated rings. The molecule has 4 aromatic rings. The van der Waals surface area contributed by atoms with Gasteiger partial charge in [0.1, 0.15) is 29.9 Å².